The summed E-state index contributed by atoms with van der Waals surface area (Å²) in [4.78, 5) is 17.8. The average Bonchev–Trinajstić information content (AvgIpc) is 3.04. The molecule has 24 heavy (non-hydrogen) atoms. The largest absolute Gasteiger partial charge is 0.350 e. The van der Waals surface area contributed by atoms with Crippen molar-refractivity contribution in [3.8, 4) is 5.69 Å². The highest BCUT2D eigenvalue weighted by atomic mass is 35.5. The van der Waals surface area contributed by atoms with E-state index in [1.807, 2.05) is 25.1 Å². The summed E-state index contributed by atoms with van der Waals surface area (Å²) in [6.07, 6.45) is 4.65. The Labute approximate surface area is 145 Å². The van der Waals surface area contributed by atoms with Crippen LogP contribution in [0.1, 0.15) is 42.2 Å². The normalized spacial score (nSPS) is 17.7. The fraction of sp³-hybridized carbons (Fsp3) is 0.412. The Morgan fingerprint density at radius 1 is 1.50 bits per heavy atom. The second-order valence-corrected chi connectivity index (χ2v) is 6.03. The van der Waals surface area contributed by atoms with Gasteiger partial charge in [-0.2, -0.15) is 5.10 Å². The van der Waals surface area contributed by atoms with Crippen molar-refractivity contribution in [1.82, 2.24) is 15.3 Å². The zero-order valence-electron chi connectivity index (χ0n) is 13.5. The van der Waals surface area contributed by atoms with Gasteiger partial charge in [-0.3, -0.25) is 4.79 Å². The van der Waals surface area contributed by atoms with Crippen molar-refractivity contribution in [2.75, 3.05) is 6.61 Å². The van der Waals surface area contributed by atoms with Crippen molar-refractivity contribution in [1.29, 1.82) is 0 Å². The quantitative estimate of drug-likeness (QED) is 0.841. The molecule has 7 heteroatoms. The third-order valence-corrected chi connectivity index (χ3v) is 4.16. The summed E-state index contributed by atoms with van der Waals surface area (Å²) in [5.74, 6) is -0.325. The number of carbonyl (C=O) groups is 1. The van der Waals surface area contributed by atoms with Crippen molar-refractivity contribution in [2.45, 2.75) is 38.9 Å². The lowest BCUT2D eigenvalue weighted by molar-refractivity contribution is -0.186. The van der Waals surface area contributed by atoms with Gasteiger partial charge < -0.3 is 4.74 Å². The number of halogens is 1. The van der Waals surface area contributed by atoms with Crippen LogP contribution >= 0.6 is 11.6 Å². The Bertz CT molecular complexity index is 711. The molecule has 0 radical (unpaired) electrons. The van der Waals surface area contributed by atoms with Gasteiger partial charge in [-0.15, -0.1) is 0 Å². The van der Waals surface area contributed by atoms with Gasteiger partial charge in [-0.1, -0.05) is 24.6 Å². The van der Waals surface area contributed by atoms with Crippen LogP contribution in [0.3, 0.4) is 0 Å². The number of ether oxygens (including phenoxy) is 1. The van der Waals surface area contributed by atoms with E-state index in [0.29, 0.717) is 23.6 Å². The van der Waals surface area contributed by atoms with Crippen molar-refractivity contribution in [3.63, 3.8) is 0 Å². The lowest BCUT2D eigenvalue weighted by atomic mass is 10.2. The van der Waals surface area contributed by atoms with Gasteiger partial charge in [0.05, 0.1) is 23.1 Å². The molecule has 128 valence electrons. The molecule has 1 amide bonds. The second kappa shape index (κ2) is 7.79. The fourth-order valence-corrected chi connectivity index (χ4v) is 2.90. The lowest BCUT2D eigenvalue weighted by Crippen LogP contribution is -2.33. The molecule has 1 fully saturated rings. The predicted molar refractivity (Wildman–Crippen MR) is 90.1 cm³/mol. The molecule has 1 N–H and O–H groups in total. The molecule has 2 aromatic rings. The summed E-state index contributed by atoms with van der Waals surface area (Å²) in [5.41, 5.74) is 4.57. The summed E-state index contributed by atoms with van der Waals surface area (Å²) in [6.45, 7) is 2.63. The van der Waals surface area contributed by atoms with Crippen LogP contribution in [0.4, 0.5) is 0 Å². The van der Waals surface area contributed by atoms with Crippen LogP contribution in [0, 0.1) is 0 Å². The van der Waals surface area contributed by atoms with E-state index in [0.717, 1.165) is 30.6 Å². The minimum atomic E-state index is -0.379. The summed E-state index contributed by atoms with van der Waals surface area (Å²) in [7, 11) is 0. The summed E-state index contributed by atoms with van der Waals surface area (Å²) in [5, 5.41) is 4.94. The molecule has 1 aromatic carbocycles. The number of hydroxylamine groups is 1. The molecule has 0 saturated carbocycles. The van der Waals surface area contributed by atoms with Crippen molar-refractivity contribution in [3.05, 3.63) is 46.7 Å². The molecule has 1 saturated heterocycles. The number of aromatic nitrogens is 2. The fourth-order valence-electron chi connectivity index (χ4n) is 2.71. The van der Waals surface area contributed by atoms with E-state index in [4.69, 9.17) is 21.2 Å². The number of amides is 1. The van der Waals surface area contributed by atoms with Gasteiger partial charge in [0.15, 0.2) is 6.29 Å². The lowest BCUT2D eigenvalue weighted by Gasteiger charge is -2.22. The third kappa shape index (κ3) is 3.77. The van der Waals surface area contributed by atoms with Crippen LogP contribution in [-0.4, -0.2) is 28.6 Å². The number of hydrogen-bond acceptors (Lipinski definition) is 4. The Balaban J connectivity index is 1.74. The highest BCUT2D eigenvalue weighted by Crippen LogP contribution is 2.19. The van der Waals surface area contributed by atoms with Crippen molar-refractivity contribution in [2.24, 2.45) is 0 Å². The maximum Gasteiger partial charge on any atom is 0.278 e. The first-order chi connectivity index (χ1) is 11.7. The van der Waals surface area contributed by atoms with Gasteiger partial charge in [0.25, 0.3) is 5.91 Å². The van der Waals surface area contributed by atoms with E-state index >= 15 is 0 Å². The van der Waals surface area contributed by atoms with Gasteiger partial charge >= 0.3 is 0 Å². The average molecular weight is 350 g/mol. The molecule has 1 atom stereocenters. The maximum absolute atomic E-state index is 12.4. The van der Waals surface area contributed by atoms with Gasteiger partial charge in [0, 0.05) is 18.1 Å². The number of benzene rings is 1. The zero-order valence-corrected chi connectivity index (χ0v) is 14.3. The Morgan fingerprint density at radius 3 is 3.08 bits per heavy atom. The minimum Gasteiger partial charge on any atom is -0.350 e. The number of nitrogens with zero attached hydrogens (tertiary/aromatic N) is 2. The topological polar surface area (TPSA) is 65.4 Å². The maximum atomic E-state index is 12.4. The number of nitrogens with one attached hydrogen (secondary N) is 1. The minimum absolute atomic E-state index is 0.325. The van der Waals surface area contributed by atoms with Crippen molar-refractivity contribution < 1.29 is 14.4 Å². The Morgan fingerprint density at radius 2 is 2.38 bits per heavy atom. The summed E-state index contributed by atoms with van der Waals surface area (Å²) >= 11 is 6.04. The first kappa shape index (κ1) is 17.0. The van der Waals surface area contributed by atoms with Crippen LogP contribution in [-0.2, 0) is 16.0 Å². The second-order valence-electron chi connectivity index (χ2n) is 5.60. The third-order valence-electron chi connectivity index (χ3n) is 3.92. The summed E-state index contributed by atoms with van der Waals surface area (Å²) in [6, 6.07) is 7.35. The molecule has 2 heterocycles. The molecule has 6 nitrogen and oxygen atoms in total. The SMILES string of the molecule is CCc1c(C(=O)NO[C@H]2CCCCO2)cnn1-c1cccc(Cl)c1. The first-order valence-electron chi connectivity index (χ1n) is 8.09. The molecule has 0 spiro atoms. The summed E-state index contributed by atoms with van der Waals surface area (Å²) < 4.78 is 7.16. The van der Waals surface area contributed by atoms with E-state index in [1.165, 1.54) is 0 Å². The van der Waals surface area contributed by atoms with Crippen LogP contribution in [0.25, 0.3) is 5.69 Å². The highest BCUT2D eigenvalue weighted by molar-refractivity contribution is 6.30. The smallest absolute Gasteiger partial charge is 0.278 e. The number of carbonyl (C=O) groups excluding carboxylic acids is 1. The molecule has 1 aliphatic heterocycles. The van der Waals surface area contributed by atoms with E-state index in [9.17, 15) is 4.79 Å². The molecule has 0 unspecified atom stereocenters. The number of rotatable bonds is 5. The molecular weight excluding hydrogens is 330 g/mol. The van der Waals surface area contributed by atoms with Crippen LogP contribution in [0.15, 0.2) is 30.5 Å². The molecule has 3 rings (SSSR count). The molecule has 1 aromatic heterocycles. The Hall–Kier alpha value is -1.89. The van der Waals surface area contributed by atoms with Crippen LogP contribution < -0.4 is 5.48 Å². The van der Waals surface area contributed by atoms with Crippen LogP contribution in [0.5, 0.6) is 0 Å². The highest BCUT2D eigenvalue weighted by Gasteiger charge is 2.20. The molecular formula is C17H20ClN3O3. The standard InChI is InChI=1S/C17H20ClN3O3/c1-2-15-14(17(22)20-24-16-8-3-4-9-23-16)11-19-21(15)13-7-5-6-12(18)10-13/h5-7,10-11,16H,2-4,8-9H2,1H3,(H,20,22)/t16-/m0/s1. The molecule has 0 bridgehead atoms. The van der Waals surface area contributed by atoms with Gasteiger partial charge in [0.1, 0.15) is 0 Å². The van der Waals surface area contributed by atoms with Gasteiger partial charge in [-0.25, -0.2) is 15.0 Å². The van der Waals surface area contributed by atoms with E-state index < -0.39 is 0 Å². The van der Waals surface area contributed by atoms with Gasteiger partial charge in [-0.05, 0) is 37.5 Å². The first-order valence-corrected chi connectivity index (χ1v) is 8.47. The van der Waals surface area contributed by atoms with E-state index in [1.54, 1.807) is 16.9 Å². The predicted octanol–water partition coefficient (Wildman–Crippen LogP) is 3.28. The van der Waals surface area contributed by atoms with Crippen molar-refractivity contribution >= 4 is 17.5 Å². The Kier molecular flexibility index (Phi) is 5.50. The zero-order chi connectivity index (χ0) is 16.9. The number of hydrogen-bond donors (Lipinski definition) is 1. The molecule has 0 aliphatic carbocycles. The monoisotopic (exact) mass is 349 g/mol. The van der Waals surface area contributed by atoms with Gasteiger partial charge in [0.2, 0.25) is 0 Å². The molecule has 1 aliphatic rings. The van der Waals surface area contributed by atoms with E-state index in [2.05, 4.69) is 10.6 Å². The van der Waals surface area contributed by atoms with Crippen LogP contribution in [0.2, 0.25) is 5.02 Å². The van der Waals surface area contributed by atoms with E-state index in [-0.39, 0.29) is 12.2 Å².